The van der Waals surface area contributed by atoms with Crippen molar-refractivity contribution in [3.63, 3.8) is 0 Å². The fraction of sp³-hybridized carbons (Fsp3) is 0.333. The van der Waals surface area contributed by atoms with Crippen LogP contribution in [0.1, 0.15) is 18.4 Å². The summed E-state index contributed by atoms with van der Waals surface area (Å²) in [6.45, 7) is 0.484. The second-order valence-corrected chi connectivity index (χ2v) is 10.1. The molecule has 0 radical (unpaired) electrons. The first-order chi connectivity index (χ1) is 14.3. The minimum absolute atomic E-state index is 0.0407. The van der Waals surface area contributed by atoms with Crippen molar-refractivity contribution in [3.05, 3.63) is 64.6 Å². The summed E-state index contributed by atoms with van der Waals surface area (Å²) in [5.74, 6) is -0.871. The molecule has 9 heteroatoms. The highest BCUT2D eigenvalue weighted by Gasteiger charge is 2.31. The van der Waals surface area contributed by atoms with Crippen molar-refractivity contribution >= 4 is 43.5 Å². The molecule has 2 aromatic rings. The highest BCUT2D eigenvalue weighted by atomic mass is 79.9. The molecule has 0 saturated carbocycles. The van der Waals surface area contributed by atoms with E-state index in [1.807, 2.05) is 30.3 Å². The Labute approximate surface area is 185 Å². The van der Waals surface area contributed by atoms with Crippen LogP contribution in [0.25, 0.3) is 0 Å². The van der Waals surface area contributed by atoms with E-state index in [4.69, 9.17) is 0 Å². The largest absolute Gasteiger partial charge is 0.347 e. The average molecular weight is 494 g/mol. The molecule has 0 aromatic heterocycles. The van der Waals surface area contributed by atoms with Gasteiger partial charge in [-0.25, -0.2) is 12.7 Å². The molecule has 1 aliphatic heterocycles. The molecule has 0 aliphatic carbocycles. The number of amides is 2. The van der Waals surface area contributed by atoms with Crippen LogP contribution in [-0.4, -0.2) is 44.2 Å². The molecule has 30 heavy (non-hydrogen) atoms. The number of carbonyl (C=O) groups is 2. The predicted molar refractivity (Wildman–Crippen MR) is 119 cm³/mol. The van der Waals surface area contributed by atoms with E-state index in [1.54, 1.807) is 24.3 Å². The maximum absolute atomic E-state index is 12.6. The summed E-state index contributed by atoms with van der Waals surface area (Å²) in [5, 5.41) is 5.36. The van der Waals surface area contributed by atoms with Crippen LogP contribution in [0.15, 0.2) is 59.1 Å². The zero-order valence-electron chi connectivity index (χ0n) is 16.4. The third kappa shape index (κ3) is 6.38. The highest BCUT2D eigenvalue weighted by molar-refractivity contribution is 9.10. The van der Waals surface area contributed by atoms with Gasteiger partial charge in [0.05, 0.1) is 12.3 Å². The van der Waals surface area contributed by atoms with Gasteiger partial charge in [-0.15, -0.1) is 0 Å². The van der Waals surface area contributed by atoms with Gasteiger partial charge >= 0.3 is 0 Å². The van der Waals surface area contributed by atoms with Crippen LogP contribution in [0.4, 0.5) is 5.69 Å². The molecule has 0 spiro atoms. The van der Waals surface area contributed by atoms with Crippen LogP contribution in [0.3, 0.4) is 0 Å². The van der Waals surface area contributed by atoms with Gasteiger partial charge in [0.2, 0.25) is 21.8 Å². The Balaban J connectivity index is 1.43. The van der Waals surface area contributed by atoms with E-state index in [-0.39, 0.29) is 30.0 Å². The highest BCUT2D eigenvalue weighted by Crippen LogP contribution is 2.22. The van der Waals surface area contributed by atoms with Gasteiger partial charge in [-0.3, -0.25) is 9.59 Å². The van der Waals surface area contributed by atoms with Gasteiger partial charge in [0.1, 0.15) is 0 Å². The molecule has 7 nitrogen and oxygen atoms in total. The van der Waals surface area contributed by atoms with Gasteiger partial charge in [-0.05, 0) is 42.7 Å². The van der Waals surface area contributed by atoms with Crippen molar-refractivity contribution in [2.45, 2.75) is 18.6 Å². The molecule has 3 rings (SSSR count). The average Bonchev–Trinajstić information content (AvgIpc) is 2.74. The minimum atomic E-state index is -3.41. The lowest BCUT2D eigenvalue weighted by molar-refractivity contribution is -0.128. The summed E-state index contributed by atoms with van der Waals surface area (Å²) in [6, 6.07) is 16.2. The maximum atomic E-state index is 12.6. The Morgan fingerprint density at radius 2 is 1.63 bits per heavy atom. The molecule has 1 fully saturated rings. The van der Waals surface area contributed by atoms with Gasteiger partial charge in [0.25, 0.3) is 0 Å². The third-order valence-electron chi connectivity index (χ3n) is 4.96. The number of anilines is 1. The van der Waals surface area contributed by atoms with Gasteiger partial charge < -0.3 is 10.6 Å². The maximum Gasteiger partial charge on any atom is 0.243 e. The second-order valence-electron chi connectivity index (χ2n) is 7.19. The fourth-order valence-electron chi connectivity index (χ4n) is 3.32. The lowest BCUT2D eigenvalue weighted by atomic mass is 9.97. The molecule has 2 aromatic carbocycles. The summed E-state index contributed by atoms with van der Waals surface area (Å²) >= 11 is 3.33. The lowest BCUT2D eigenvalue weighted by Crippen LogP contribution is -2.44. The predicted octanol–water partition coefficient (Wildman–Crippen LogP) is 2.75. The number of sulfonamides is 1. The SMILES string of the molecule is O=C(CNC(=O)C1CCN(S(=O)(=O)Cc2ccccc2)CC1)Nc1ccc(Br)cc1. The Morgan fingerprint density at radius 3 is 2.27 bits per heavy atom. The zero-order chi connectivity index (χ0) is 21.6. The van der Waals surface area contributed by atoms with E-state index in [2.05, 4.69) is 26.6 Å². The van der Waals surface area contributed by atoms with Gasteiger partial charge in [-0.2, -0.15) is 0 Å². The Kier molecular flexibility index (Phi) is 7.63. The van der Waals surface area contributed by atoms with Crippen LogP contribution >= 0.6 is 15.9 Å². The summed E-state index contributed by atoms with van der Waals surface area (Å²) in [6.07, 6.45) is 0.877. The minimum Gasteiger partial charge on any atom is -0.347 e. The summed E-state index contributed by atoms with van der Waals surface area (Å²) in [7, 11) is -3.41. The van der Waals surface area contributed by atoms with E-state index >= 15 is 0 Å². The number of halogens is 1. The summed E-state index contributed by atoms with van der Waals surface area (Å²) in [4.78, 5) is 24.4. The molecular formula is C21H24BrN3O4S. The standard InChI is InChI=1S/C21H24BrN3O4S/c22-18-6-8-19(9-7-18)24-20(26)14-23-21(27)17-10-12-25(13-11-17)30(28,29)15-16-4-2-1-3-5-16/h1-9,17H,10-15H2,(H,23,27)(H,24,26). The quantitative estimate of drug-likeness (QED) is 0.619. The van der Waals surface area contributed by atoms with Gasteiger partial charge in [-0.1, -0.05) is 46.3 Å². The van der Waals surface area contributed by atoms with Crippen LogP contribution in [0, 0.1) is 5.92 Å². The van der Waals surface area contributed by atoms with Crippen molar-refractivity contribution in [2.24, 2.45) is 5.92 Å². The molecule has 1 aliphatic rings. The molecule has 2 amide bonds. The van der Waals surface area contributed by atoms with E-state index in [0.717, 1.165) is 10.0 Å². The first-order valence-corrected chi connectivity index (χ1v) is 12.1. The Bertz CT molecular complexity index is 973. The van der Waals surface area contributed by atoms with Crippen LogP contribution < -0.4 is 10.6 Å². The number of piperidine rings is 1. The summed E-state index contributed by atoms with van der Waals surface area (Å²) < 4.78 is 27.6. The van der Waals surface area contributed by atoms with Crippen molar-refractivity contribution in [1.29, 1.82) is 0 Å². The number of hydrogen-bond acceptors (Lipinski definition) is 4. The van der Waals surface area contributed by atoms with Crippen molar-refractivity contribution in [1.82, 2.24) is 9.62 Å². The molecule has 1 heterocycles. The van der Waals surface area contributed by atoms with Crippen LogP contribution in [0.5, 0.6) is 0 Å². The monoisotopic (exact) mass is 493 g/mol. The smallest absolute Gasteiger partial charge is 0.243 e. The first-order valence-electron chi connectivity index (χ1n) is 9.68. The number of nitrogens with zero attached hydrogens (tertiary/aromatic N) is 1. The van der Waals surface area contributed by atoms with Crippen LogP contribution in [-0.2, 0) is 25.4 Å². The van der Waals surface area contributed by atoms with E-state index in [0.29, 0.717) is 31.6 Å². The molecule has 2 N–H and O–H groups in total. The van der Waals surface area contributed by atoms with E-state index in [9.17, 15) is 18.0 Å². The van der Waals surface area contributed by atoms with Crippen molar-refractivity contribution < 1.29 is 18.0 Å². The summed E-state index contributed by atoms with van der Waals surface area (Å²) in [5.41, 5.74) is 1.39. The number of rotatable bonds is 7. The van der Waals surface area contributed by atoms with E-state index in [1.165, 1.54) is 4.31 Å². The first kappa shape index (κ1) is 22.5. The lowest BCUT2D eigenvalue weighted by Gasteiger charge is -2.30. The molecule has 0 bridgehead atoms. The number of hydrogen-bond donors (Lipinski definition) is 2. The van der Waals surface area contributed by atoms with Gasteiger partial charge in [0.15, 0.2) is 0 Å². The third-order valence-corrected chi connectivity index (χ3v) is 7.34. The van der Waals surface area contributed by atoms with Crippen molar-refractivity contribution in [2.75, 3.05) is 25.0 Å². The van der Waals surface area contributed by atoms with Crippen LogP contribution in [0.2, 0.25) is 0 Å². The fourth-order valence-corrected chi connectivity index (χ4v) is 5.15. The number of carbonyl (C=O) groups excluding carboxylic acids is 2. The molecule has 0 unspecified atom stereocenters. The van der Waals surface area contributed by atoms with Gasteiger partial charge in [0, 0.05) is 29.2 Å². The number of benzene rings is 2. The number of nitrogens with one attached hydrogen (secondary N) is 2. The zero-order valence-corrected chi connectivity index (χ0v) is 18.8. The topological polar surface area (TPSA) is 95.6 Å². The Hall–Kier alpha value is -2.23. The molecule has 0 atom stereocenters. The van der Waals surface area contributed by atoms with E-state index < -0.39 is 10.0 Å². The normalized spacial score (nSPS) is 15.5. The second kappa shape index (κ2) is 10.2. The molecule has 160 valence electrons. The Morgan fingerprint density at radius 1 is 1.00 bits per heavy atom. The molecule has 1 saturated heterocycles. The molecular weight excluding hydrogens is 470 g/mol. The van der Waals surface area contributed by atoms with Crippen molar-refractivity contribution in [3.8, 4) is 0 Å².